The average Bonchev–Trinajstić information content (AvgIpc) is 2.95. The van der Waals surface area contributed by atoms with Gasteiger partial charge in [0.1, 0.15) is 6.10 Å². The molecule has 202 valence electrons. The first-order valence-electron chi connectivity index (χ1n) is 12.9. The molecule has 1 aromatic heterocycles. The fraction of sp³-hybridized carbons (Fsp3) is 0.536. The molecule has 3 rings (SSSR count). The van der Waals surface area contributed by atoms with Crippen LogP contribution in [-0.4, -0.2) is 67.1 Å². The number of carbonyl (C=O) groups excluding carboxylic acids is 2. The number of hydrogen-bond acceptors (Lipinski definition) is 8. The highest BCUT2D eigenvalue weighted by Gasteiger charge is 2.35. The number of amides is 1. The number of pyridine rings is 1. The van der Waals surface area contributed by atoms with Crippen LogP contribution >= 0.6 is 0 Å². The van der Waals surface area contributed by atoms with Crippen molar-refractivity contribution in [1.29, 1.82) is 0 Å². The van der Waals surface area contributed by atoms with E-state index >= 15 is 0 Å². The van der Waals surface area contributed by atoms with Gasteiger partial charge in [-0.05, 0) is 31.7 Å². The summed E-state index contributed by atoms with van der Waals surface area (Å²) in [5.41, 5.74) is 0.963. The van der Waals surface area contributed by atoms with Crippen molar-refractivity contribution in [2.24, 2.45) is 5.92 Å². The topological polar surface area (TPSA) is 116 Å². The summed E-state index contributed by atoms with van der Waals surface area (Å²) >= 11 is 0. The Hall–Kier alpha value is -3.17. The van der Waals surface area contributed by atoms with Crippen LogP contribution in [0.5, 0.6) is 11.5 Å². The standard InChI is InChI=1S/C28H38N2O7/c1-4-5-9-16-36-26-19(2)37-28(33)22(30-27(32)24-25(31)23(34-3)14-15-29-24)18-35-17-21(26)13-12-20-10-7-6-8-11-20/h6-8,10-11,14-15,19,21-22,26,31H,4-5,9,12-13,16-18H2,1-3H3,(H,30,32)/t19-,21-,22-,26-/m0/s1. The Labute approximate surface area is 218 Å². The molecule has 2 N–H and O–H groups in total. The SMILES string of the molecule is CCCCCO[C@@H]1[C@@H](CCc2ccccc2)COC[C@H](NC(=O)c2nccc(OC)c2O)C(=O)O[C@H]1C. The third kappa shape index (κ3) is 8.16. The highest BCUT2D eigenvalue weighted by molar-refractivity contribution is 5.98. The summed E-state index contributed by atoms with van der Waals surface area (Å²) in [6.45, 7) is 4.80. The molecular weight excluding hydrogens is 476 g/mol. The van der Waals surface area contributed by atoms with Crippen molar-refractivity contribution in [3.8, 4) is 11.5 Å². The summed E-state index contributed by atoms with van der Waals surface area (Å²) < 4.78 is 23.0. The molecule has 2 aromatic rings. The van der Waals surface area contributed by atoms with Gasteiger partial charge in [0.05, 0.1) is 26.4 Å². The van der Waals surface area contributed by atoms with Crippen LogP contribution in [0.1, 0.15) is 55.6 Å². The fourth-order valence-corrected chi connectivity index (χ4v) is 4.40. The highest BCUT2D eigenvalue weighted by Crippen LogP contribution is 2.28. The lowest BCUT2D eigenvalue weighted by Gasteiger charge is -2.31. The minimum Gasteiger partial charge on any atom is -0.503 e. The summed E-state index contributed by atoms with van der Waals surface area (Å²) in [7, 11) is 1.37. The fourth-order valence-electron chi connectivity index (χ4n) is 4.40. The monoisotopic (exact) mass is 514 g/mol. The van der Waals surface area contributed by atoms with Gasteiger partial charge in [-0.2, -0.15) is 0 Å². The Morgan fingerprint density at radius 2 is 1.97 bits per heavy atom. The van der Waals surface area contributed by atoms with Crippen LogP contribution in [0.25, 0.3) is 0 Å². The van der Waals surface area contributed by atoms with Gasteiger partial charge in [0, 0.05) is 24.8 Å². The molecule has 0 bridgehead atoms. The number of aryl methyl sites for hydroxylation is 1. The first-order chi connectivity index (χ1) is 17.9. The van der Waals surface area contributed by atoms with E-state index in [1.807, 2.05) is 25.1 Å². The molecule has 4 atom stereocenters. The van der Waals surface area contributed by atoms with Crippen molar-refractivity contribution in [2.75, 3.05) is 26.9 Å². The van der Waals surface area contributed by atoms with E-state index in [0.29, 0.717) is 13.2 Å². The van der Waals surface area contributed by atoms with Crippen LogP contribution in [0.4, 0.5) is 0 Å². The molecule has 0 radical (unpaired) electrons. The molecule has 1 aromatic carbocycles. The number of aromatic nitrogens is 1. The van der Waals surface area contributed by atoms with E-state index in [1.54, 1.807) is 0 Å². The van der Waals surface area contributed by atoms with Crippen molar-refractivity contribution in [1.82, 2.24) is 10.3 Å². The Bertz CT molecular complexity index is 1000. The number of ether oxygens (including phenoxy) is 4. The summed E-state index contributed by atoms with van der Waals surface area (Å²) in [4.78, 5) is 29.8. The van der Waals surface area contributed by atoms with Gasteiger partial charge in [-0.25, -0.2) is 9.78 Å². The maximum Gasteiger partial charge on any atom is 0.331 e. The van der Waals surface area contributed by atoms with Crippen molar-refractivity contribution < 1.29 is 33.6 Å². The number of carbonyl (C=O) groups is 2. The maximum atomic E-state index is 13.0. The molecule has 9 heteroatoms. The third-order valence-electron chi connectivity index (χ3n) is 6.46. The Morgan fingerprint density at radius 3 is 2.70 bits per heavy atom. The van der Waals surface area contributed by atoms with Gasteiger partial charge in [-0.3, -0.25) is 4.79 Å². The molecule has 0 aliphatic carbocycles. The van der Waals surface area contributed by atoms with Gasteiger partial charge in [0.2, 0.25) is 0 Å². The predicted molar refractivity (Wildman–Crippen MR) is 138 cm³/mol. The highest BCUT2D eigenvalue weighted by atomic mass is 16.6. The normalized spacial score (nSPS) is 22.3. The van der Waals surface area contributed by atoms with E-state index in [1.165, 1.54) is 24.9 Å². The van der Waals surface area contributed by atoms with Crippen LogP contribution in [0, 0.1) is 5.92 Å². The molecule has 9 nitrogen and oxygen atoms in total. The molecule has 1 aliphatic heterocycles. The molecule has 1 aliphatic rings. The van der Waals surface area contributed by atoms with Crippen molar-refractivity contribution >= 4 is 11.9 Å². The second-order valence-corrected chi connectivity index (χ2v) is 9.24. The van der Waals surface area contributed by atoms with E-state index in [-0.39, 0.29) is 30.1 Å². The first kappa shape index (κ1) is 28.4. The van der Waals surface area contributed by atoms with Crippen LogP contribution in [-0.2, 0) is 25.4 Å². The number of nitrogens with zero attached hydrogens (tertiary/aromatic N) is 1. The summed E-state index contributed by atoms with van der Waals surface area (Å²) in [6, 6.07) is 10.6. The molecule has 1 fully saturated rings. The van der Waals surface area contributed by atoms with Crippen LogP contribution in [0.3, 0.4) is 0 Å². The van der Waals surface area contributed by atoms with E-state index < -0.39 is 29.8 Å². The molecule has 1 saturated heterocycles. The maximum absolute atomic E-state index is 13.0. The molecule has 0 spiro atoms. The Kier molecular flexibility index (Phi) is 11.2. The lowest BCUT2D eigenvalue weighted by atomic mass is 9.92. The zero-order chi connectivity index (χ0) is 26.6. The Morgan fingerprint density at radius 1 is 1.19 bits per heavy atom. The van der Waals surface area contributed by atoms with Crippen LogP contribution < -0.4 is 10.1 Å². The zero-order valence-corrected chi connectivity index (χ0v) is 21.9. The smallest absolute Gasteiger partial charge is 0.331 e. The first-order valence-corrected chi connectivity index (χ1v) is 12.9. The molecule has 2 heterocycles. The average molecular weight is 515 g/mol. The number of unbranched alkanes of at least 4 members (excludes halogenated alkanes) is 2. The van der Waals surface area contributed by atoms with E-state index in [2.05, 4.69) is 29.4 Å². The molecule has 0 unspecified atom stereocenters. The number of nitrogens with one attached hydrogen (secondary N) is 1. The minimum absolute atomic E-state index is 0.0109. The van der Waals surface area contributed by atoms with Crippen molar-refractivity contribution in [3.63, 3.8) is 0 Å². The second kappa shape index (κ2) is 14.5. The molecule has 1 amide bonds. The number of rotatable bonds is 11. The summed E-state index contributed by atoms with van der Waals surface area (Å²) in [5, 5.41) is 12.9. The van der Waals surface area contributed by atoms with E-state index in [4.69, 9.17) is 18.9 Å². The number of esters is 1. The largest absolute Gasteiger partial charge is 0.503 e. The van der Waals surface area contributed by atoms with Gasteiger partial charge < -0.3 is 29.4 Å². The predicted octanol–water partition coefficient (Wildman–Crippen LogP) is 3.68. The van der Waals surface area contributed by atoms with Crippen molar-refractivity contribution in [2.45, 2.75) is 64.2 Å². The number of methoxy groups -OCH3 is 1. The van der Waals surface area contributed by atoms with Crippen LogP contribution in [0.2, 0.25) is 0 Å². The third-order valence-corrected chi connectivity index (χ3v) is 6.46. The number of hydrogen-bond donors (Lipinski definition) is 2. The Balaban J connectivity index is 1.72. The minimum atomic E-state index is -1.07. The molecule has 37 heavy (non-hydrogen) atoms. The number of cyclic esters (lactones) is 1. The summed E-state index contributed by atoms with van der Waals surface area (Å²) in [6.07, 6.45) is 5.15. The van der Waals surface area contributed by atoms with Gasteiger partial charge in [0.25, 0.3) is 5.91 Å². The number of benzene rings is 1. The van der Waals surface area contributed by atoms with E-state index in [0.717, 1.165) is 32.1 Å². The van der Waals surface area contributed by atoms with Gasteiger partial charge in [-0.1, -0.05) is 50.1 Å². The lowest BCUT2D eigenvalue weighted by Crippen LogP contribution is -2.46. The van der Waals surface area contributed by atoms with E-state index in [9.17, 15) is 14.7 Å². The van der Waals surface area contributed by atoms with Gasteiger partial charge in [0.15, 0.2) is 23.2 Å². The molecule has 0 saturated carbocycles. The zero-order valence-electron chi connectivity index (χ0n) is 21.9. The molecular formula is C28H38N2O7. The summed E-state index contributed by atoms with van der Waals surface area (Å²) in [5.74, 6) is -1.68. The quantitative estimate of drug-likeness (QED) is 0.345. The lowest BCUT2D eigenvalue weighted by molar-refractivity contribution is -0.160. The van der Waals surface area contributed by atoms with Crippen LogP contribution in [0.15, 0.2) is 42.6 Å². The van der Waals surface area contributed by atoms with Gasteiger partial charge >= 0.3 is 5.97 Å². The second-order valence-electron chi connectivity index (χ2n) is 9.24. The number of aromatic hydroxyl groups is 1. The van der Waals surface area contributed by atoms with Gasteiger partial charge in [-0.15, -0.1) is 0 Å². The van der Waals surface area contributed by atoms with Crippen molar-refractivity contribution in [3.05, 3.63) is 53.9 Å².